The van der Waals surface area contributed by atoms with E-state index in [1.807, 2.05) is 0 Å². The van der Waals surface area contributed by atoms with Crippen molar-refractivity contribution in [3.8, 4) is 0 Å². The number of nitrogens with zero attached hydrogens (tertiary/aromatic N) is 1. The molecule has 1 atom stereocenters. The SMILES string of the molecule is N=C(N)CCN1CCCC(C(F)(F)F)C1. The molecule has 3 N–H and O–H groups in total. The Morgan fingerprint density at radius 1 is 1.47 bits per heavy atom. The summed E-state index contributed by atoms with van der Waals surface area (Å²) in [6.45, 7) is 1.19. The van der Waals surface area contributed by atoms with Crippen LogP contribution in [0.2, 0.25) is 0 Å². The van der Waals surface area contributed by atoms with Gasteiger partial charge in [0.15, 0.2) is 0 Å². The number of rotatable bonds is 3. The number of alkyl halides is 3. The van der Waals surface area contributed by atoms with Crippen molar-refractivity contribution in [2.75, 3.05) is 19.6 Å². The van der Waals surface area contributed by atoms with Crippen LogP contribution in [0, 0.1) is 11.3 Å². The molecule has 1 rings (SSSR count). The second kappa shape index (κ2) is 4.83. The third-order valence-corrected chi connectivity index (χ3v) is 2.67. The maximum Gasteiger partial charge on any atom is 0.393 e. The molecule has 0 aromatic rings. The van der Waals surface area contributed by atoms with Gasteiger partial charge in [-0.3, -0.25) is 5.41 Å². The highest BCUT2D eigenvalue weighted by atomic mass is 19.4. The third kappa shape index (κ3) is 4.07. The number of piperidine rings is 1. The van der Waals surface area contributed by atoms with E-state index in [-0.39, 0.29) is 18.8 Å². The van der Waals surface area contributed by atoms with Crippen molar-refractivity contribution in [2.24, 2.45) is 11.7 Å². The number of nitrogens with two attached hydrogens (primary N) is 1. The summed E-state index contributed by atoms with van der Waals surface area (Å²) in [7, 11) is 0. The van der Waals surface area contributed by atoms with Gasteiger partial charge in [-0.2, -0.15) is 13.2 Å². The highest BCUT2D eigenvalue weighted by molar-refractivity contribution is 5.76. The quantitative estimate of drug-likeness (QED) is 0.564. The van der Waals surface area contributed by atoms with Crippen LogP contribution in [0.4, 0.5) is 13.2 Å². The minimum atomic E-state index is -4.09. The normalized spacial score (nSPS) is 24.1. The van der Waals surface area contributed by atoms with E-state index < -0.39 is 12.1 Å². The fourth-order valence-corrected chi connectivity index (χ4v) is 1.80. The molecule has 15 heavy (non-hydrogen) atoms. The molecule has 0 radical (unpaired) electrons. The zero-order chi connectivity index (χ0) is 11.5. The topological polar surface area (TPSA) is 53.1 Å². The number of amidine groups is 1. The summed E-state index contributed by atoms with van der Waals surface area (Å²) in [5, 5.41) is 7.01. The van der Waals surface area contributed by atoms with Crippen LogP contribution in [-0.2, 0) is 0 Å². The Morgan fingerprint density at radius 2 is 2.13 bits per heavy atom. The number of halogens is 3. The van der Waals surface area contributed by atoms with Crippen molar-refractivity contribution in [1.29, 1.82) is 5.41 Å². The molecule has 0 aliphatic carbocycles. The molecule has 0 saturated carbocycles. The Bertz CT molecular complexity index is 227. The molecule has 1 aliphatic heterocycles. The second-order valence-corrected chi connectivity index (χ2v) is 3.96. The second-order valence-electron chi connectivity index (χ2n) is 3.96. The highest BCUT2D eigenvalue weighted by Gasteiger charge is 2.41. The first-order valence-electron chi connectivity index (χ1n) is 5.01. The minimum Gasteiger partial charge on any atom is -0.388 e. The Balaban J connectivity index is 2.39. The molecule has 1 unspecified atom stereocenters. The largest absolute Gasteiger partial charge is 0.393 e. The number of nitrogens with one attached hydrogen (secondary N) is 1. The van der Waals surface area contributed by atoms with Crippen molar-refractivity contribution < 1.29 is 13.2 Å². The summed E-state index contributed by atoms with van der Waals surface area (Å²) in [6, 6.07) is 0. The Hall–Kier alpha value is -0.780. The molecular formula is C9H16F3N3. The van der Waals surface area contributed by atoms with Gasteiger partial charge < -0.3 is 10.6 Å². The Labute approximate surface area is 86.9 Å². The summed E-state index contributed by atoms with van der Waals surface area (Å²) in [6.07, 6.45) is -2.94. The van der Waals surface area contributed by atoms with Gasteiger partial charge in [0.05, 0.1) is 11.8 Å². The van der Waals surface area contributed by atoms with Crippen molar-refractivity contribution >= 4 is 5.84 Å². The summed E-state index contributed by atoms with van der Waals surface area (Å²) < 4.78 is 37.3. The van der Waals surface area contributed by atoms with Crippen LogP contribution in [0.5, 0.6) is 0 Å². The smallest absolute Gasteiger partial charge is 0.388 e. The molecule has 0 bridgehead atoms. The lowest BCUT2D eigenvalue weighted by molar-refractivity contribution is -0.186. The first kappa shape index (κ1) is 12.3. The molecule has 0 aromatic carbocycles. The molecule has 0 amide bonds. The van der Waals surface area contributed by atoms with Gasteiger partial charge in [-0.1, -0.05) is 0 Å². The maximum absolute atomic E-state index is 12.4. The van der Waals surface area contributed by atoms with E-state index in [2.05, 4.69) is 0 Å². The summed E-state index contributed by atoms with van der Waals surface area (Å²) in [5.74, 6) is -1.18. The van der Waals surface area contributed by atoms with E-state index in [0.717, 1.165) is 0 Å². The zero-order valence-electron chi connectivity index (χ0n) is 8.48. The Kier molecular flexibility index (Phi) is 3.96. The van der Waals surface area contributed by atoms with Gasteiger partial charge in [-0.25, -0.2) is 0 Å². The van der Waals surface area contributed by atoms with Crippen LogP contribution in [0.3, 0.4) is 0 Å². The predicted molar refractivity (Wildman–Crippen MR) is 51.8 cm³/mol. The van der Waals surface area contributed by atoms with E-state index in [1.54, 1.807) is 4.90 Å². The van der Waals surface area contributed by atoms with Crippen LogP contribution in [0.25, 0.3) is 0 Å². The Morgan fingerprint density at radius 3 is 2.67 bits per heavy atom. The summed E-state index contributed by atoms with van der Waals surface area (Å²) >= 11 is 0. The number of hydrogen-bond donors (Lipinski definition) is 2. The fourth-order valence-electron chi connectivity index (χ4n) is 1.80. The molecule has 1 heterocycles. The molecule has 88 valence electrons. The minimum absolute atomic E-state index is 0.0316. The van der Waals surface area contributed by atoms with Crippen molar-refractivity contribution in [1.82, 2.24) is 4.90 Å². The lowest BCUT2D eigenvalue weighted by Crippen LogP contribution is -2.42. The van der Waals surface area contributed by atoms with Crippen molar-refractivity contribution in [3.63, 3.8) is 0 Å². The number of likely N-dealkylation sites (tertiary alicyclic amines) is 1. The predicted octanol–water partition coefficient (Wildman–Crippen LogP) is 1.59. The lowest BCUT2D eigenvalue weighted by atomic mass is 9.97. The maximum atomic E-state index is 12.4. The molecular weight excluding hydrogens is 207 g/mol. The average molecular weight is 223 g/mol. The van der Waals surface area contributed by atoms with Gasteiger partial charge in [0.25, 0.3) is 0 Å². The van der Waals surface area contributed by atoms with Crippen LogP contribution >= 0.6 is 0 Å². The van der Waals surface area contributed by atoms with Gasteiger partial charge in [0.2, 0.25) is 0 Å². The average Bonchev–Trinajstić information content (AvgIpc) is 2.14. The van der Waals surface area contributed by atoms with E-state index in [1.165, 1.54) is 0 Å². The molecule has 0 aromatic heterocycles. The first-order valence-corrected chi connectivity index (χ1v) is 5.01. The van der Waals surface area contributed by atoms with E-state index in [0.29, 0.717) is 25.9 Å². The molecule has 1 aliphatic rings. The molecule has 6 heteroatoms. The van der Waals surface area contributed by atoms with Gasteiger partial charge in [0, 0.05) is 19.5 Å². The van der Waals surface area contributed by atoms with Crippen LogP contribution < -0.4 is 5.73 Å². The zero-order valence-corrected chi connectivity index (χ0v) is 8.48. The van der Waals surface area contributed by atoms with Crippen LogP contribution in [0.1, 0.15) is 19.3 Å². The van der Waals surface area contributed by atoms with Gasteiger partial charge >= 0.3 is 6.18 Å². The standard InChI is InChI=1S/C9H16F3N3/c10-9(11,12)7-2-1-4-15(6-7)5-3-8(13)14/h7H,1-6H2,(H3,13,14). The summed E-state index contributed by atoms with van der Waals surface area (Å²) in [5.41, 5.74) is 5.16. The molecule has 3 nitrogen and oxygen atoms in total. The van der Waals surface area contributed by atoms with Gasteiger partial charge in [-0.15, -0.1) is 0 Å². The first-order chi connectivity index (χ1) is 6.89. The molecule has 1 saturated heterocycles. The molecule has 1 fully saturated rings. The van der Waals surface area contributed by atoms with Crippen LogP contribution in [-0.4, -0.2) is 36.5 Å². The van der Waals surface area contributed by atoms with E-state index in [4.69, 9.17) is 11.1 Å². The molecule has 0 spiro atoms. The van der Waals surface area contributed by atoms with Gasteiger partial charge in [0.1, 0.15) is 0 Å². The summed E-state index contributed by atoms with van der Waals surface area (Å²) in [4.78, 5) is 1.74. The lowest BCUT2D eigenvalue weighted by Gasteiger charge is -2.33. The van der Waals surface area contributed by atoms with Crippen molar-refractivity contribution in [2.45, 2.75) is 25.4 Å². The van der Waals surface area contributed by atoms with Crippen molar-refractivity contribution in [3.05, 3.63) is 0 Å². The number of hydrogen-bond acceptors (Lipinski definition) is 2. The van der Waals surface area contributed by atoms with E-state index in [9.17, 15) is 13.2 Å². The monoisotopic (exact) mass is 223 g/mol. The van der Waals surface area contributed by atoms with Crippen LogP contribution in [0.15, 0.2) is 0 Å². The van der Waals surface area contributed by atoms with E-state index >= 15 is 0 Å². The fraction of sp³-hybridized carbons (Fsp3) is 0.889. The highest BCUT2D eigenvalue weighted by Crippen LogP contribution is 2.32. The third-order valence-electron chi connectivity index (χ3n) is 2.67. The van der Waals surface area contributed by atoms with Gasteiger partial charge in [-0.05, 0) is 19.4 Å².